The summed E-state index contributed by atoms with van der Waals surface area (Å²) in [5.41, 5.74) is 3.33. The van der Waals surface area contributed by atoms with Gasteiger partial charge < -0.3 is 0 Å². The van der Waals surface area contributed by atoms with Gasteiger partial charge >= 0.3 is 6.18 Å². The zero-order chi connectivity index (χ0) is 18.0. The SMILES string of the molecule is CCCCc1c(C(N2CCC(=O)N2)C(F)(F)F)ccc2ccccc12. The van der Waals surface area contributed by atoms with Gasteiger partial charge in [0.15, 0.2) is 0 Å². The van der Waals surface area contributed by atoms with E-state index in [2.05, 4.69) is 5.43 Å². The van der Waals surface area contributed by atoms with Crippen molar-refractivity contribution in [3.8, 4) is 0 Å². The predicted molar refractivity (Wildman–Crippen MR) is 90.8 cm³/mol. The number of fused-ring (bicyclic) bond motifs is 1. The average molecular weight is 350 g/mol. The molecule has 1 N–H and O–H groups in total. The smallest absolute Gasteiger partial charge is 0.288 e. The van der Waals surface area contributed by atoms with Crippen molar-refractivity contribution in [2.45, 2.75) is 44.8 Å². The molecule has 1 heterocycles. The molecule has 3 rings (SSSR count). The minimum absolute atomic E-state index is 0.0586. The molecule has 0 saturated carbocycles. The number of nitrogens with zero attached hydrogens (tertiary/aromatic N) is 1. The molecule has 25 heavy (non-hydrogen) atoms. The molecule has 0 spiro atoms. The van der Waals surface area contributed by atoms with E-state index in [1.54, 1.807) is 12.1 Å². The molecule has 3 nitrogen and oxygen atoms in total. The summed E-state index contributed by atoms with van der Waals surface area (Å²) in [5, 5.41) is 2.82. The third-order valence-electron chi connectivity index (χ3n) is 4.62. The molecular formula is C19H21F3N2O. The highest BCUT2D eigenvalue weighted by molar-refractivity contribution is 5.87. The predicted octanol–water partition coefficient (Wildman–Crippen LogP) is 4.52. The van der Waals surface area contributed by atoms with E-state index in [0.29, 0.717) is 6.42 Å². The lowest BCUT2D eigenvalue weighted by molar-refractivity contribution is -0.191. The third-order valence-corrected chi connectivity index (χ3v) is 4.62. The van der Waals surface area contributed by atoms with Crippen LogP contribution in [0.15, 0.2) is 36.4 Å². The molecule has 1 fully saturated rings. The number of hydrazine groups is 1. The molecule has 134 valence electrons. The van der Waals surface area contributed by atoms with Crippen LogP contribution in [-0.4, -0.2) is 23.6 Å². The van der Waals surface area contributed by atoms with Crippen LogP contribution >= 0.6 is 0 Å². The van der Waals surface area contributed by atoms with E-state index in [-0.39, 0.29) is 24.4 Å². The normalized spacial score (nSPS) is 17.0. The average Bonchev–Trinajstić information content (AvgIpc) is 2.98. The van der Waals surface area contributed by atoms with Crippen LogP contribution in [0.3, 0.4) is 0 Å². The Morgan fingerprint density at radius 1 is 1.20 bits per heavy atom. The van der Waals surface area contributed by atoms with Crippen molar-refractivity contribution in [2.75, 3.05) is 6.54 Å². The first-order valence-corrected chi connectivity index (χ1v) is 8.55. The molecule has 2 aromatic carbocycles. The quantitative estimate of drug-likeness (QED) is 0.860. The zero-order valence-corrected chi connectivity index (χ0v) is 14.1. The first kappa shape index (κ1) is 17.7. The van der Waals surface area contributed by atoms with Crippen molar-refractivity contribution >= 4 is 16.7 Å². The molecule has 1 atom stereocenters. The maximum absolute atomic E-state index is 13.9. The lowest BCUT2D eigenvalue weighted by Crippen LogP contribution is -2.44. The Morgan fingerprint density at radius 2 is 1.96 bits per heavy atom. The van der Waals surface area contributed by atoms with E-state index in [1.165, 1.54) is 0 Å². The minimum Gasteiger partial charge on any atom is -0.288 e. The van der Waals surface area contributed by atoms with Gasteiger partial charge in [-0.05, 0) is 34.7 Å². The zero-order valence-electron chi connectivity index (χ0n) is 14.1. The molecule has 0 aliphatic carbocycles. The van der Waals surface area contributed by atoms with E-state index in [4.69, 9.17) is 0 Å². The van der Waals surface area contributed by atoms with Crippen molar-refractivity contribution < 1.29 is 18.0 Å². The van der Waals surface area contributed by atoms with E-state index in [1.807, 2.05) is 31.2 Å². The van der Waals surface area contributed by atoms with Crippen molar-refractivity contribution in [3.05, 3.63) is 47.5 Å². The highest BCUT2D eigenvalue weighted by Gasteiger charge is 2.47. The number of unbranched alkanes of at least 4 members (excludes halogenated alkanes) is 1. The molecule has 0 radical (unpaired) electrons. The highest BCUT2D eigenvalue weighted by atomic mass is 19.4. The standard InChI is InChI=1S/C19H21F3N2O/c1-2-3-7-15-14-8-5-4-6-13(14)9-10-16(15)18(19(20,21)22)24-12-11-17(25)23-24/h4-6,8-10,18H,2-3,7,11-12H2,1H3,(H,23,25). The van der Waals surface area contributed by atoms with Gasteiger partial charge in [0.1, 0.15) is 6.04 Å². The van der Waals surface area contributed by atoms with Gasteiger partial charge in [-0.2, -0.15) is 13.2 Å². The first-order chi connectivity index (χ1) is 11.9. The molecule has 0 bridgehead atoms. The van der Waals surface area contributed by atoms with Crippen LogP contribution in [0.25, 0.3) is 10.8 Å². The molecule has 0 aromatic heterocycles. The van der Waals surface area contributed by atoms with Crippen molar-refractivity contribution in [3.63, 3.8) is 0 Å². The van der Waals surface area contributed by atoms with Gasteiger partial charge in [-0.1, -0.05) is 49.7 Å². The van der Waals surface area contributed by atoms with Gasteiger partial charge in [0, 0.05) is 13.0 Å². The Balaban J connectivity index is 2.14. The Labute approximate surface area is 144 Å². The number of alkyl halides is 3. The summed E-state index contributed by atoms with van der Waals surface area (Å²) in [7, 11) is 0. The summed E-state index contributed by atoms with van der Waals surface area (Å²) < 4.78 is 41.7. The number of benzene rings is 2. The largest absolute Gasteiger partial charge is 0.409 e. The van der Waals surface area contributed by atoms with E-state index < -0.39 is 12.2 Å². The fraction of sp³-hybridized carbons (Fsp3) is 0.421. The van der Waals surface area contributed by atoms with Gasteiger partial charge in [0.2, 0.25) is 5.91 Å². The second-order valence-electron chi connectivity index (χ2n) is 6.38. The van der Waals surface area contributed by atoms with E-state index >= 15 is 0 Å². The number of nitrogens with one attached hydrogen (secondary N) is 1. The molecular weight excluding hydrogens is 329 g/mol. The summed E-state index contributed by atoms with van der Waals surface area (Å²) >= 11 is 0. The Morgan fingerprint density at radius 3 is 2.60 bits per heavy atom. The number of aryl methyl sites for hydroxylation is 1. The fourth-order valence-electron chi connectivity index (χ4n) is 3.45. The van der Waals surface area contributed by atoms with Crippen molar-refractivity contribution in [1.82, 2.24) is 10.4 Å². The highest BCUT2D eigenvalue weighted by Crippen LogP contribution is 2.41. The summed E-state index contributed by atoms with van der Waals surface area (Å²) in [6.07, 6.45) is -2.08. The molecule has 2 aromatic rings. The van der Waals surface area contributed by atoms with Gasteiger partial charge in [0.25, 0.3) is 0 Å². The van der Waals surface area contributed by atoms with Gasteiger partial charge in [-0.15, -0.1) is 0 Å². The van der Waals surface area contributed by atoms with Gasteiger partial charge in [0.05, 0.1) is 0 Å². The van der Waals surface area contributed by atoms with E-state index in [0.717, 1.165) is 34.2 Å². The van der Waals surface area contributed by atoms with Crippen LogP contribution in [-0.2, 0) is 11.2 Å². The maximum Gasteiger partial charge on any atom is 0.409 e. The van der Waals surface area contributed by atoms with Gasteiger partial charge in [-0.3, -0.25) is 10.2 Å². The lowest BCUT2D eigenvalue weighted by Gasteiger charge is -2.31. The van der Waals surface area contributed by atoms with Crippen LogP contribution in [0.5, 0.6) is 0 Å². The molecule has 1 saturated heterocycles. The number of halogens is 3. The summed E-state index contributed by atoms with van der Waals surface area (Å²) in [4.78, 5) is 11.5. The number of amides is 1. The monoisotopic (exact) mass is 350 g/mol. The lowest BCUT2D eigenvalue weighted by atomic mass is 9.90. The Kier molecular flexibility index (Phi) is 4.99. The van der Waals surface area contributed by atoms with Crippen LogP contribution in [0.4, 0.5) is 13.2 Å². The van der Waals surface area contributed by atoms with Crippen molar-refractivity contribution in [2.24, 2.45) is 0 Å². The maximum atomic E-state index is 13.9. The number of hydrogen-bond acceptors (Lipinski definition) is 2. The van der Waals surface area contributed by atoms with Crippen LogP contribution in [0, 0.1) is 0 Å². The van der Waals surface area contributed by atoms with E-state index in [9.17, 15) is 18.0 Å². The molecule has 1 amide bonds. The number of hydrogen-bond donors (Lipinski definition) is 1. The number of carbonyl (C=O) groups excluding carboxylic acids is 1. The second-order valence-corrected chi connectivity index (χ2v) is 6.38. The summed E-state index contributed by atoms with van der Waals surface area (Å²) in [6.45, 7) is 2.08. The van der Waals surface area contributed by atoms with Gasteiger partial charge in [-0.25, -0.2) is 5.01 Å². The summed E-state index contributed by atoms with van der Waals surface area (Å²) in [6, 6.07) is 8.99. The molecule has 6 heteroatoms. The van der Waals surface area contributed by atoms with Crippen LogP contribution < -0.4 is 5.43 Å². The topological polar surface area (TPSA) is 32.3 Å². The Hall–Kier alpha value is -2.08. The number of carbonyl (C=O) groups is 1. The minimum atomic E-state index is -4.47. The molecule has 1 aliphatic heterocycles. The van der Waals surface area contributed by atoms with Crippen LogP contribution in [0.1, 0.15) is 43.4 Å². The number of rotatable bonds is 5. The summed E-state index contributed by atoms with van der Waals surface area (Å²) in [5.74, 6) is -0.370. The second kappa shape index (κ2) is 7.04. The van der Waals surface area contributed by atoms with Crippen molar-refractivity contribution in [1.29, 1.82) is 0 Å². The van der Waals surface area contributed by atoms with Crippen LogP contribution in [0.2, 0.25) is 0 Å². The first-order valence-electron chi connectivity index (χ1n) is 8.55. The molecule has 1 unspecified atom stereocenters. The third kappa shape index (κ3) is 3.63. The Bertz CT molecular complexity index is 773. The fourth-order valence-corrected chi connectivity index (χ4v) is 3.45. The molecule has 1 aliphatic rings.